The van der Waals surface area contributed by atoms with Gasteiger partial charge in [0.1, 0.15) is 11.0 Å². The fraction of sp³-hybridized carbons (Fsp3) is 0.357. The number of hydrogen-bond donors (Lipinski definition) is 0. The molecule has 0 N–H and O–H groups in total. The molecule has 0 unspecified atom stereocenters. The predicted octanol–water partition coefficient (Wildman–Crippen LogP) is 2.14. The maximum atomic E-state index is 12.4. The molecule has 0 aromatic carbocycles. The number of aryl methyl sites for hydroxylation is 1. The Labute approximate surface area is 121 Å². The number of carbonyl (C=O) groups excluding carboxylic acids is 1. The summed E-state index contributed by atoms with van der Waals surface area (Å²) in [6.07, 6.45) is 2.55. The van der Waals surface area contributed by atoms with Crippen LogP contribution in [0.15, 0.2) is 29.9 Å². The summed E-state index contributed by atoms with van der Waals surface area (Å²) in [5.41, 5.74) is 2.51. The van der Waals surface area contributed by atoms with Crippen molar-refractivity contribution in [2.45, 2.75) is 19.4 Å². The lowest BCUT2D eigenvalue weighted by Crippen LogP contribution is -2.30. The molecule has 6 heteroatoms. The van der Waals surface area contributed by atoms with Gasteiger partial charge < -0.3 is 9.64 Å². The Kier molecular flexibility index (Phi) is 3.64. The van der Waals surface area contributed by atoms with Crippen LogP contribution >= 0.6 is 11.3 Å². The second-order valence-corrected chi connectivity index (χ2v) is 5.57. The molecule has 1 fully saturated rings. The molecule has 3 rings (SSSR count). The van der Waals surface area contributed by atoms with Crippen molar-refractivity contribution in [2.75, 3.05) is 13.1 Å². The van der Waals surface area contributed by atoms with Gasteiger partial charge in [-0.05, 0) is 13.0 Å². The molecule has 0 spiro atoms. The summed E-state index contributed by atoms with van der Waals surface area (Å²) >= 11 is 1.39. The first kappa shape index (κ1) is 13.1. The van der Waals surface area contributed by atoms with Crippen LogP contribution in [0.3, 0.4) is 0 Å². The zero-order valence-electron chi connectivity index (χ0n) is 11.2. The molecular weight excluding hydrogens is 274 g/mol. The van der Waals surface area contributed by atoms with E-state index in [0.717, 1.165) is 17.0 Å². The Balaban J connectivity index is 1.62. The summed E-state index contributed by atoms with van der Waals surface area (Å²) in [4.78, 5) is 23.2. The molecule has 20 heavy (non-hydrogen) atoms. The third kappa shape index (κ3) is 2.65. The number of amides is 1. The summed E-state index contributed by atoms with van der Waals surface area (Å²) in [5.74, 6) is 0.665. The lowest BCUT2D eigenvalue weighted by atomic mass is 10.3. The van der Waals surface area contributed by atoms with Crippen molar-refractivity contribution in [1.82, 2.24) is 14.9 Å². The van der Waals surface area contributed by atoms with E-state index >= 15 is 0 Å². The lowest BCUT2D eigenvalue weighted by Gasteiger charge is -2.16. The van der Waals surface area contributed by atoms with Crippen LogP contribution in [0.4, 0.5) is 0 Å². The van der Waals surface area contributed by atoms with Crippen LogP contribution in [-0.2, 0) is 0 Å². The molecule has 0 saturated carbocycles. The Hall–Kier alpha value is -1.95. The molecule has 1 amide bonds. The number of rotatable bonds is 3. The molecule has 0 aliphatic carbocycles. The number of nitrogens with zero attached hydrogens (tertiary/aromatic N) is 3. The van der Waals surface area contributed by atoms with E-state index in [1.807, 2.05) is 30.0 Å². The van der Waals surface area contributed by atoms with Gasteiger partial charge in [-0.3, -0.25) is 4.79 Å². The van der Waals surface area contributed by atoms with Crippen molar-refractivity contribution in [3.8, 4) is 5.88 Å². The quantitative estimate of drug-likeness (QED) is 0.868. The van der Waals surface area contributed by atoms with E-state index < -0.39 is 0 Å². The molecule has 1 atom stereocenters. The maximum Gasteiger partial charge on any atom is 0.265 e. The Morgan fingerprint density at radius 2 is 2.35 bits per heavy atom. The third-order valence-electron chi connectivity index (χ3n) is 3.30. The average molecular weight is 289 g/mol. The molecule has 0 radical (unpaired) electrons. The number of aromatic nitrogens is 2. The number of hydrogen-bond acceptors (Lipinski definition) is 5. The number of carbonyl (C=O) groups is 1. The van der Waals surface area contributed by atoms with Gasteiger partial charge >= 0.3 is 0 Å². The molecular formula is C14H15N3O2S. The first-order valence-electron chi connectivity index (χ1n) is 6.51. The molecule has 0 bridgehead atoms. The van der Waals surface area contributed by atoms with E-state index in [4.69, 9.17) is 4.74 Å². The normalized spacial score (nSPS) is 18.2. The van der Waals surface area contributed by atoms with Gasteiger partial charge in [0.05, 0.1) is 17.7 Å². The highest BCUT2D eigenvalue weighted by Gasteiger charge is 2.29. The van der Waals surface area contributed by atoms with E-state index in [0.29, 0.717) is 19.0 Å². The lowest BCUT2D eigenvalue weighted by molar-refractivity contribution is 0.0775. The summed E-state index contributed by atoms with van der Waals surface area (Å²) in [7, 11) is 0. The van der Waals surface area contributed by atoms with Crippen LogP contribution in [0.5, 0.6) is 5.88 Å². The zero-order chi connectivity index (χ0) is 13.9. The van der Waals surface area contributed by atoms with Gasteiger partial charge in [0.25, 0.3) is 5.91 Å². The van der Waals surface area contributed by atoms with Gasteiger partial charge in [-0.1, -0.05) is 6.07 Å². The summed E-state index contributed by atoms with van der Waals surface area (Å²) in [5, 5.41) is 0. The van der Waals surface area contributed by atoms with Gasteiger partial charge in [-0.15, -0.1) is 11.3 Å². The van der Waals surface area contributed by atoms with Crippen LogP contribution < -0.4 is 4.74 Å². The van der Waals surface area contributed by atoms with Gasteiger partial charge in [0.2, 0.25) is 5.88 Å². The van der Waals surface area contributed by atoms with Crippen LogP contribution in [0.2, 0.25) is 0 Å². The Morgan fingerprint density at radius 3 is 3.05 bits per heavy atom. The Bertz CT molecular complexity index is 599. The van der Waals surface area contributed by atoms with Gasteiger partial charge in [-0.25, -0.2) is 9.97 Å². The topological polar surface area (TPSA) is 55.3 Å². The molecule has 2 aromatic heterocycles. The van der Waals surface area contributed by atoms with Crippen molar-refractivity contribution >= 4 is 17.2 Å². The van der Waals surface area contributed by atoms with Crippen molar-refractivity contribution in [3.05, 3.63) is 40.5 Å². The molecule has 1 aliphatic heterocycles. The van der Waals surface area contributed by atoms with E-state index in [1.54, 1.807) is 11.7 Å². The minimum Gasteiger partial charge on any atom is -0.472 e. The van der Waals surface area contributed by atoms with Gasteiger partial charge in [-0.2, -0.15) is 0 Å². The molecule has 5 nitrogen and oxygen atoms in total. The molecule has 1 saturated heterocycles. The monoisotopic (exact) mass is 289 g/mol. The number of pyridine rings is 1. The van der Waals surface area contributed by atoms with Crippen LogP contribution in [-0.4, -0.2) is 40.0 Å². The summed E-state index contributed by atoms with van der Waals surface area (Å²) < 4.78 is 5.79. The van der Waals surface area contributed by atoms with Crippen molar-refractivity contribution in [3.63, 3.8) is 0 Å². The molecule has 104 valence electrons. The minimum absolute atomic E-state index is 0.0158. The fourth-order valence-electron chi connectivity index (χ4n) is 2.25. The highest BCUT2D eigenvalue weighted by Crippen LogP contribution is 2.21. The first-order valence-corrected chi connectivity index (χ1v) is 7.39. The number of likely N-dealkylation sites (tertiary alicyclic amines) is 1. The standard InChI is InChI=1S/C14H15N3O2S/c1-10-13(20-9-16-10)14(18)17-7-5-11(8-17)19-12-4-2-3-6-15-12/h2-4,6,9,11H,5,7-8H2,1H3/t11-/m0/s1. The van der Waals surface area contributed by atoms with Crippen LogP contribution in [0, 0.1) is 6.92 Å². The van der Waals surface area contributed by atoms with E-state index in [9.17, 15) is 4.79 Å². The smallest absolute Gasteiger partial charge is 0.265 e. The second kappa shape index (κ2) is 5.58. The van der Waals surface area contributed by atoms with Crippen LogP contribution in [0.1, 0.15) is 21.8 Å². The molecule has 2 aromatic rings. The largest absolute Gasteiger partial charge is 0.472 e. The van der Waals surface area contributed by atoms with Gasteiger partial charge in [0, 0.05) is 25.2 Å². The third-order valence-corrected chi connectivity index (χ3v) is 4.21. The first-order chi connectivity index (χ1) is 9.74. The summed E-state index contributed by atoms with van der Waals surface area (Å²) in [6, 6.07) is 5.57. The Morgan fingerprint density at radius 1 is 1.45 bits per heavy atom. The second-order valence-electron chi connectivity index (χ2n) is 4.71. The van der Waals surface area contributed by atoms with Crippen LogP contribution in [0.25, 0.3) is 0 Å². The van der Waals surface area contributed by atoms with E-state index in [2.05, 4.69) is 9.97 Å². The number of ether oxygens (including phenoxy) is 1. The minimum atomic E-state index is 0.0158. The van der Waals surface area contributed by atoms with Crippen molar-refractivity contribution < 1.29 is 9.53 Å². The molecule has 1 aliphatic rings. The highest BCUT2D eigenvalue weighted by molar-refractivity contribution is 7.11. The van der Waals surface area contributed by atoms with Crippen molar-refractivity contribution in [2.24, 2.45) is 0 Å². The summed E-state index contributed by atoms with van der Waals surface area (Å²) in [6.45, 7) is 3.18. The fourth-order valence-corrected chi connectivity index (χ4v) is 3.02. The molecule has 3 heterocycles. The number of thiazole rings is 1. The average Bonchev–Trinajstić information content (AvgIpc) is 3.08. The SMILES string of the molecule is Cc1ncsc1C(=O)N1CC[C@H](Oc2ccccn2)C1. The van der Waals surface area contributed by atoms with E-state index in [-0.39, 0.29) is 12.0 Å². The van der Waals surface area contributed by atoms with E-state index in [1.165, 1.54) is 11.3 Å². The maximum absolute atomic E-state index is 12.4. The van der Waals surface area contributed by atoms with Crippen molar-refractivity contribution in [1.29, 1.82) is 0 Å². The zero-order valence-corrected chi connectivity index (χ0v) is 12.0. The highest BCUT2D eigenvalue weighted by atomic mass is 32.1. The predicted molar refractivity (Wildman–Crippen MR) is 76.0 cm³/mol. The van der Waals surface area contributed by atoms with Gasteiger partial charge in [0.15, 0.2) is 0 Å².